The van der Waals surface area contributed by atoms with Crippen LogP contribution < -0.4 is 10.6 Å². The largest absolute Gasteiger partial charge is 0.378 e. The number of hydrogen-bond acceptors (Lipinski definition) is 5. The van der Waals surface area contributed by atoms with Gasteiger partial charge in [-0.15, -0.1) is 0 Å². The summed E-state index contributed by atoms with van der Waals surface area (Å²) in [6, 6.07) is 1.28. The number of aliphatic imine (C=N–C) groups is 1. The minimum Gasteiger partial charge on any atom is -0.378 e. The van der Waals surface area contributed by atoms with E-state index in [1.807, 2.05) is 0 Å². The lowest BCUT2D eigenvalue weighted by Gasteiger charge is -2.39. The maximum absolute atomic E-state index is 11.1. The summed E-state index contributed by atoms with van der Waals surface area (Å²) in [4.78, 5) is 7.25. The molecule has 7 nitrogen and oxygen atoms in total. The summed E-state index contributed by atoms with van der Waals surface area (Å²) >= 11 is 0. The topological polar surface area (TPSA) is 83.0 Å². The quantitative estimate of drug-likeness (QED) is 0.345. The van der Waals surface area contributed by atoms with Crippen LogP contribution in [0.15, 0.2) is 4.99 Å². The minimum absolute atomic E-state index is 0.0641. The minimum atomic E-state index is -2.96. The second-order valence-corrected chi connectivity index (χ2v) is 10.0. The first-order valence-electron chi connectivity index (χ1n) is 10.5. The molecule has 1 aliphatic heterocycles. The van der Waals surface area contributed by atoms with Crippen molar-refractivity contribution in [1.29, 1.82) is 0 Å². The van der Waals surface area contributed by atoms with Crippen LogP contribution in [0.4, 0.5) is 0 Å². The Morgan fingerprint density at radius 2 is 1.81 bits per heavy atom. The van der Waals surface area contributed by atoms with Crippen LogP contribution >= 0.6 is 0 Å². The first-order valence-corrected chi connectivity index (χ1v) is 12.6. The van der Waals surface area contributed by atoms with E-state index in [2.05, 4.69) is 27.4 Å². The van der Waals surface area contributed by atoms with Crippen LogP contribution in [0.3, 0.4) is 0 Å². The predicted molar refractivity (Wildman–Crippen MR) is 111 cm³/mol. The van der Waals surface area contributed by atoms with Crippen LogP contribution in [0.5, 0.6) is 0 Å². The van der Waals surface area contributed by atoms with Gasteiger partial charge < -0.3 is 20.3 Å². The number of nitrogens with zero attached hydrogens (tertiary/aromatic N) is 2. The van der Waals surface area contributed by atoms with E-state index in [1.165, 1.54) is 51.4 Å². The molecule has 0 aromatic heterocycles. The summed E-state index contributed by atoms with van der Waals surface area (Å²) < 4.78 is 27.5. The highest BCUT2D eigenvalue weighted by Gasteiger charge is 2.26. The van der Waals surface area contributed by atoms with Crippen molar-refractivity contribution >= 4 is 15.8 Å². The number of sulfone groups is 1. The summed E-state index contributed by atoms with van der Waals surface area (Å²) in [7, 11) is -2.96. The molecule has 2 rings (SSSR count). The maximum atomic E-state index is 11.1. The fraction of sp³-hybridized carbons (Fsp3) is 0.947. The van der Waals surface area contributed by atoms with Crippen molar-refractivity contribution in [2.24, 2.45) is 4.99 Å². The van der Waals surface area contributed by atoms with Crippen LogP contribution in [0.25, 0.3) is 0 Å². The highest BCUT2D eigenvalue weighted by Crippen LogP contribution is 2.25. The van der Waals surface area contributed by atoms with Crippen LogP contribution in [-0.4, -0.2) is 82.8 Å². The molecule has 1 aliphatic carbocycles. The van der Waals surface area contributed by atoms with E-state index >= 15 is 0 Å². The Kier molecular flexibility index (Phi) is 9.86. The van der Waals surface area contributed by atoms with Crippen LogP contribution in [-0.2, 0) is 14.6 Å². The van der Waals surface area contributed by atoms with Crippen molar-refractivity contribution in [1.82, 2.24) is 15.5 Å². The van der Waals surface area contributed by atoms with Crippen molar-refractivity contribution in [3.05, 3.63) is 0 Å². The van der Waals surface area contributed by atoms with E-state index < -0.39 is 9.84 Å². The molecule has 0 spiro atoms. The van der Waals surface area contributed by atoms with Gasteiger partial charge in [-0.3, -0.25) is 4.99 Å². The molecule has 1 heterocycles. The van der Waals surface area contributed by atoms with Gasteiger partial charge in [-0.2, -0.15) is 0 Å². The average Bonchev–Trinajstić information content (AvgIpc) is 2.65. The number of piperidine rings is 1. The normalized spacial score (nSPS) is 21.3. The summed E-state index contributed by atoms with van der Waals surface area (Å²) in [5, 5.41) is 6.85. The van der Waals surface area contributed by atoms with Crippen LogP contribution in [0.2, 0.25) is 0 Å². The Hall–Kier alpha value is -0.860. The zero-order chi connectivity index (χ0) is 19.5. The number of ether oxygens (including phenoxy) is 1. The van der Waals surface area contributed by atoms with E-state index in [-0.39, 0.29) is 12.4 Å². The number of hydrogen-bond donors (Lipinski definition) is 2. The van der Waals surface area contributed by atoms with Gasteiger partial charge >= 0.3 is 0 Å². The Morgan fingerprint density at radius 3 is 2.44 bits per heavy atom. The monoisotopic (exact) mass is 402 g/mol. The summed E-state index contributed by atoms with van der Waals surface area (Å²) in [6.07, 6.45) is 10.5. The summed E-state index contributed by atoms with van der Waals surface area (Å²) in [5.41, 5.74) is 0. The lowest BCUT2D eigenvalue weighted by Crippen LogP contribution is -2.51. The average molecular weight is 403 g/mol. The molecule has 8 heteroatoms. The molecule has 1 saturated carbocycles. The van der Waals surface area contributed by atoms with Crippen molar-refractivity contribution in [2.45, 2.75) is 64.0 Å². The third kappa shape index (κ3) is 9.25. The molecule has 0 radical (unpaired) electrons. The lowest BCUT2D eigenvalue weighted by atomic mass is 9.92. The molecule has 0 aromatic rings. The number of guanidine groups is 1. The molecule has 0 unspecified atom stereocenters. The zero-order valence-corrected chi connectivity index (χ0v) is 17.9. The fourth-order valence-electron chi connectivity index (χ4n) is 3.90. The fourth-order valence-corrected chi connectivity index (χ4v) is 4.32. The molecule has 2 fully saturated rings. The van der Waals surface area contributed by atoms with Gasteiger partial charge in [0.05, 0.1) is 25.5 Å². The first-order chi connectivity index (χ1) is 13.0. The standard InChI is InChI=1S/C19H38N4O3S/c1-3-20-19(21-11-14-26-15-16-27(2,24)25)22-17-9-12-23(13-10-17)18-7-5-4-6-8-18/h17-18H,3-16H2,1-2H3,(H2,20,21,22). The number of likely N-dealkylation sites (tertiary alicyclic amines) is 1. The third-order valence-corrected chi connectivity index (χ3v) is 6.32. The smallest absolute Gasteiger partial charge is 0.191 e. The highest BCUT2D eigenvalue weighted by atomic mass is 32.2. The Bertz CT molecular complexity index is 539. The van der Waals surface area contributed by atoms with Crippen molar-refractivity contribution in [3.8, 4) is 0 Å². The lowest BCUT2D eigenvalue weighted by molar-refractivity contribution is 0.119. The maximum Gasteiger partial charge on any atom is 0.191 e. The Morgan fingerprint density at radius 1 is 1.11 bits per heavy atom. The second kappa shape index (κ2) is 11.9. The molecule has 0 aromatic carbocycles. The first kappa shape index (κ1) is 22.4. The van der Waals surface area contributed by atoms with E-state index in [4.69, 9.17) is 4.74 Å². The molecular formula is C19H38N4O3S. The molecule has 27 heavy (non-hydrogen) atoms. The van der Waals surface area contributed by atoms with Gasteiger partial charge in [0.25, 0.3) is 0 Å². The van der Waals surface area contributed by atoms with E-state index in [9.17, 15) is 8.42 Å². The van der Waals surface area contributed by atoms with Gasteiger partial charge in [0, 0.05) is 38.0 Å². The molecule has 158 valence electrons. The Labute approximate surface area is 165 Å². The molecule has 0 amide bonds. The molecule has 0 atom stereocenters. The predicted octanol–water partition coefficient (Wildman–Crippen LogP) is 1.40. The van der Waals surface area contributed by atoms with Crippen molar-refractivity contribution < 1.29 is 13.2 Å². The van der Waals surface area contributed by atoms with Crippen molar-refractivity contribution in [2.75, 3.05) is 51.4 Å². The van der Waals surface area contributed by atoms with E-state index in [0.717, 1.165) is 31.4 Å². The van der Waals surface area contributed by atoms with Gasteiger partial charge in [-0.05, 0) is 32.6 Å². The summed E-state index contributed by atoms with van der Waals surface area (Å²) in [5.74, 6) is 0.898. The molecule has 1 saturated heterocycles. The molecular weight excluding hydrogens is 364 g/mol. The van der Waals surface area contributed by atoms with Gasteiger partial charge in [-0.25, -0.2) is 8.42 Å². The van der Waals surface area contributed by atoms with Gasteiger partial charge in [0.2, 0.25) is 0 Å². The second-order valence-electron chi connectivity index (χ2n) is 7.75. The SMILES string of the molecule is CCNC(=NCCOCCS(C)(=O)=O)NC1CCN(C2CCCCC2)CC1. The van der Waals surface area contributed by atoms with Gasteiger partial charge in [0.1, 0.15) is 9.84 Å². The van der Waals surface area contributed by atoms with Crippen molar-refractivity contribution in [3.63, 3.8) is 0 Å². The molecule has 0 bridgehead atoms. The van der Waals surface area contributed by atoms with Crippen LogP contribution in [0, 0.1) is 0 Å². The van der Waals surface area contributed by atoms with E-state index in [0.29, 0.717) is 19.2 Å². The summed E-state index contributed by atoms with van der Waals surface area (Å²) in [6.45, 7) is 6.43. The van der Waals surface area contributed by atoms with E-state index in [1.54, 1.807) is 0 Å². The third-order valence-electron chi connectivity index (χ3n) is 5.41. The Balaban J connectivity index is 1.67. The number of nitrogens with one attached hydrogen (secondary N) is 2. The van der Waals surface area contributed by atoms with Crippen LogP contribution in [0.1, 0.15) is 51.9 Å². The highest BCUT2D eigenvalue weighted by molar-refractivity contribution is 7.90. The molecule has 2 aliphatic rings. The van der Waals surface area contributed by atoms with Gasteiger partial charge in [0.15, 0.2) is 5.96 Å². The van der Waals surface area contributed by atoms with Gasteiger partial charge in [-0.1, -0.05) is 19.3 Å². The number of rotatable bonds is 9. The molecule has 2 N–H and O–H groups in total. The zero-order valence-electron chi connectivity index (χ0n) is 17.1.